The van der Waals surface area contributed by atoms with E-state index in [9.17, 15) is 0 Å². The zero-order valence-corrected chi connectivity index (χ0v) is 10.8. The number of nitrogens with one attached hydrogen (secondary N) is 1. The number of benzene rings is 1. The van der Waals surface area contributed by atoms with Gasteiger partial charge < -0.3 is 0 Å². The number of hydrogen-bond donors (Lipinski definition) is 2. The molecule has 19 heavy (non-hydrogen) atoms. The van der Waals surface area contributed by atoms with E-state index in [1.807, 2.05) is 35.7 Å². The Kier molecular flexibility index (Phi) is 3.32. The van der Waals surface area contributed by atoms with Crippen LogP contribution in [0.3, 0.4) is 0 Å². The van der Waals surface area contributed by atoms with Gasteiger partial charge in [-0.3, -0.25) is 5.84 Å². The van der Waals surface area contributed by atoms with Gasteiger partial charge in [0.25, 0.3) is 0 Å². The fraction of sp³-hybridized carbons (Fsp3) is 0.0833. The molecule has 1 unspecified atom stereocenters. The first-order valence-corrected chi connectivity index (χ1v) is 6.64. The molecule has 3 aromatic rings. The number of rotatable bonds is 4. The molecule has 0 saturated heterocycles. The van der Waals surface area contributed by atoms with E-state index in [1.54, 1.807) is 16.4 Å². The third-order valence-corrected chi connectivity index (χ3v) is 3.39. The highest BCUT2D eigenvalue weighted by molar-refractivity contribution is 7.07. The van der Waals surface area contributed by atoms with Crippen LogP contribution >= 0.6 is 11.3 Å². The van der Waals surface area contributed by atoms with Gasteiger partial charge in [-0.2, -0.15) is 0 Å². The van der Waals surface area contributed by atoms with Crippen LogP contribution in [0, 0.1) is 0 Å². The Balaban J connectivity index is 2.04. The summed E-state index contributed by atoms with van der Waals surface area (Å²) in [6, 6.07) is 9.56. The van der Waals surface area contributed by atoms with Crippen LogP contribution in [0.2, 0.25) is 0 Å². The summed E-state index contributed by atoms with van der Waals surface area (Å²) in [5, 5.41) is 10.0. The van der Waals surface area contributed by atoms with Crippen molar-refractivity contribution >= 4 is 11.3 Å². The number of thiazole rings is 1. The first kappa shape index (κ1) is 12.0. The van der Waals surface area contributed by atoms with Crippen molar-refractivity contribution in [3.05, 3.63) is 58.8 Å². The van der Waals surface area contributed by atoms with E-state index in [1.165, 1.54) is 11.3 Å². The zero-order chi connectivity index (χ0) is 13.1. The van der Waals surface area contributed by atoms with E-state index in [2.05, 4.69) is 20.7 Å². The van der Waals surface area contributed by atoms with Crippen molar-refractivity contribution in [2.24, 2.45) is 5.84 Å². The molecule has 6 nitrogen and oxygen atoms in total. The highest BCUT2D eigenvalue weighted by Gasteiger charge is 2.20. The van der Waals surface area contributed by atoms with Crippen molar-refractivity contribution in [2.45, 2.75) is 6.04 Å². The number of hydrogen-bond acceptors (Lipinski definition) is 6. The quantitative estimate of drug-likeness (QED) is 0.552. The van der Waals surface area contributed by atoms with E-state index in [0.29, 0.717) is 0 Å². The van der Waals surface area contributed by atoms with Crippen LogP contribution in [0.25, 0.3) is 5.69 Å². The van der Waals surface area contributed by atoms with Crippen LogP contribution in [0.1, 0.15) is 17.4 Å². The molecule has 0 aliphatic carbocycles. The Morgan fingerprint density at radius 2 is 2.11 bits per heavy atom. The summed E-state index contributed by atoms with van der Waals surface area (Å²) in [7, 11) is 0. The summed E-state index contributed by atoms with van der Waals surface area (Å²) in [4.78, 5) is 4.29. The van der Waals surface area contributed by atoms with Crippen LogP contribution in [0.5, 0.6) is 0 Å². The molecule has 0 saturated carbocycles. The highest BCUT2D eigenvalue weighted by atomic mass is 32.1. The van der Waals surface area contributed by atoms with Gasteiger partial charge in [0.1, 0.15) is 6.04 Å². The fourth-order valence-corrected chi connectivity index (χ4v) is 2.48. The summed E-state index contributed by atoms with van der Waals surface area (Å²) in [6.45, 7) is 0. The minimum atomic E-state index is -0.235. The van der Waals surface area contributed by atoms with Gasteiger partial charge in [-0.1, -0.05) is 23.4 Å². The van der Waals surface area contributed by atoms with Gasteiger partial charge in [-0.25, -0.2) is 15.1 Å². The topological polar surface area (TPSA) is 81.7 Å². The summed E-state index contributed by atoms with van der Waals surface area (Å²) >= 11 is 1.53. The van der Waals surface area contributed by atoms with E-state index >= 15 is 0 Å². The average Bonchev–Trinajstić information content (AvgIpc) is 3.12. The lowest BCUT2D eigenvalue weighted by atomic mass is 10.1. The molecule has 3 rings (SSSR count). The molecule has 0 aliphatic heterocycles. The molecule has 2 aromatic heterocycles. The molecule has 1 atom stereocenters. The largest absolute Gasteiger partial charge is 0.270 e. The molecule has 0 bridgehead atoms. The van der Waals surface area contributed by atoms with Gasteiger partial charge in [-0.05, 0) is 12.1 Å². The second-order valence-electron chi connectivity index (χ2n) is 3.92. The van der Waals surface area contributed by atoms with Crippen molar-refractivity contribution in [3.8, 4) is 5.69 Å². The minimum Gasteiger partial charge on any atom is -0.270 e. The summed E-state index contributed by atoms with van der Waals surface area (Å²) in [5.41, 5.74) is 7.17. The first-order valence-electron chi connectivity index (χ1n) is 5.70. The second kappa shape index (κ2) is 5.27. The van der Waals surface area contributed by atoms with Crippen molar-refractivity contribution in [2.75, 3.05) is 0 Å². The van der Waals surface area contributed by atoms with E-state index < -0.39 is 0 Å². The summed E-state index contributed by atoms with van der Waals surface area (Å²) in [5.74, 6) is 5.65. The van der Waals surface area contributed by atoms with Gasteiger partial charge >= 0.3 is 0 Å². The normalized spacial score (nSPS) is 12.5. The Morgan fingerprint density at radius 3 is 2.79 bits per heavy atom. The lowest BCUT2D eigenvalue weighted by molar-refractivity contribution is 0.585. The summed E-state index contributed by atoms with van der Waals surface area (Å²) < 4.78 is 1.75. The van der Waals surface area contributed by atoms with Crippen molar-refractivity contribution in [3.63, 3.8) is 0 Å². The van der Waals surface area contributed by atoms with Crippen LogP contribution in [-0.4, -0.2) is 20.0 Å². The molecule has 0 aliphatic rings. The third kappa shape index (κ3) is 2.26. The SMILES string of the molecule is NNC(c1cscn1)c1cnnn1-c1ccccc1. The maximum Gasteiger partial charge on any atom is 0.108 e. The molecule has 7 heteroatoms. The van der Waals surface area contributed by atoms with E-state index in [4.69, 9.17) is 5.84 Å². The number of hydrazine groups is 1. The second-order valence-corrected chi connectivity index (χ2v) is 4.64. The Morgan fingerprint density at radius 1 is 1.26 bits per heavy atom. The highest BCUT2D eigenvalue weighted by Crippen LogP contribution is 2.22. The van der Waals surface area contributed by atoms with Crippen molar-refractivity contribution in [1.82, 2.24) is 25.4 Å². The van der Waals surface area contributed by atoms with Gasteiger partial charge in [0, 0.05) is 5.38 Å². The van der Waals surface area contributed by atoms with E-state index in [-0.39, 0.29) is 6.04 Å². The Hall–Kier alpha value is -2.09. The van der Waals surface area contributed by atoms with Crippen LogP contribution in [0.4, 0.5) is 0 Å². The van der Waals surface area contributed by atoms with Crippen molar-refractivity contribution in [1.29, 1.82) is 0 Å². The lowest BCUT2D eigenvalue weighted by Gasteiger charge is -2.14. The summed E-state index contributed by atoms with van der Waals surface area (Å²) in [6.07, 6.45) is 1.69. The first-order chi connectivity index (χ1) is 9.40. The van der Waals surface area contributed by atoms with Crippen LogP contribution in [0.15, 0.2) is 47.4 Å². The molecule has 1 aromatic carbocycles. The number of para-hydroxylation sites is 1. The van der Waals surface area contributed by atoms with Gasteiger partial charge in [0.05, 0.1) is 28.8 Å². The van der Waals surface area contributed by atoms with Gasteiger partial charge in [-0.15, -0.1) is 16.4 Å². The Bertz CT molecular complexity index is 633. The molecule has 3 N–H and O–H groups in total. The Labute approximate surface area is 113 Å². The maximum absolute atomic E-state index is 5.65. The standard InChI is InChI=1S/C12H12N6S/c13-16-12(10-7-19-8-14-10)11-6-15-17-18(11)9-4-2-1-3-5-9/h1-8,12,16H,13H2. The molecule has 2 heterocycles. The monoisotopic (exact) mass is 272 g/mol. The molecule has 96 valence electrons. The molecule has 0 radical (unpaired) electrons. The van der Waals surface area contributed by atoms with E-state index in [0.717, 1.165) is 17.1 Å². The van der Waals surface area contributed by atoms with Gasteiger partial charge in [0.15, 0.2) is 0 Å². The molecular formula is C12H12N6S. The third-order valence-electron chi connectivity index (χ3n) is 2.79. The molecular weight excluding hydrogens is 260 g/mol. The minimum absolute atomic E-state index is 0.235. The zero-order valence-electron chi connectivity index (χ0n) is 9.97. The lowest BCUT2D eigenvalue weighted by Crippen LogP contribution is -2.30. The van der Waals surface area contributed by atoms with Crippen LogP contribution in [-0.2, 0) is 0 Å². The fourth-order valence-electron chi connectivity index (χ4n) is 1.90. The molecule has 0 amide bonds. The number of aromatic nitrogens is 4. The van der Waals surface area contributed by atoms with Crippen molar-refractivity contribution < 1.29 is 0 Å². The predicted octanol–water partition coefficient (Wildman–Crippen LogP) is 1.28. The predicted molar refractivity (Wildman–Crippen MR) is 72.6 cm³/mol. The van der Waals surface area contributed by atoms with Gasteiger partial charge in [0.2, 0.25) is 0 Å². The average molecular weight is 272 g/mol. The van der Waals surface area contributed by atoms with Crippen LogP contribution < -0.4 is 11.3 Å². The number of nitrogens with two attached hydrogens (primary N) is 1. The maximum atomic E-state index is 5.65. The molecule has 0 spiro atoms. The molecule has 0 fully saturated rings. The number of nitrogens with zero attached hydrogens (tertiary/aromatic N) is 4. The smallest absolute Gasteiger partial charge is 0.108 e.